The van der Waals surface area contributed by atoms with Crippen LogP contribution in [0, 0.1) is 0 Å². The summed E-state index contributed by atoms with van der Waals surface area (Å²) in [5.41, 5.74) is 0. The van der Waals surface area contributed by atoms with E-state index >= 15 is 0 Å². The number of amides is 2. The number of carbonyl (C=O) groups excluding carboxylic acids is 1. The summed E-state index contributed by atoms with van der Waals surface area (Å²) >= 11 is 1.62. The van der Waals surface area contributed by atoms with Gasteiger partial charge in [0.2, 0.25) is 0 Å². The third-order valence-electron chi connectivity index (χ3n) is 3.54. The Morgan fingerprint density at radius 1 is 1.38 bits per heavy atom. The molecule has 2 heterocycles. The Morgan fingerprint density at radius 2 is 2.19 bits per heavy atom. The predicted molar refractivity (Wildman–Crippen MR) is 81.5 cm³/mol. The van der Waals surface area contributed by atoms with E-state index in [9.17, 15) is 9.59 Å². The SMILES string of the molecule is CC(NC(=O)N1CCCN(CC(=O)O)CC1)c1cccs1. The van der Waals surface area contributed by atoms with E-state index in [1.54, 1.807) is 16.2 Å². The van der Waals surface area contributed by atoms with Crippen LogP contribution < -0.4 is 5.32 Å². The van der Waals surface area contributed by atoms with Gasteiger partial charge in [-0.1, -0.05) is 6.07 Å². The van der Waals surface area contributed by atoms with E-state index in [4.69, 9.17) is 5.11 Å². The Labute approximate surface area is 128 Å². The molecular weight excluding hydrogens is 290 g/mol. The van der Waals surface area contributed by atoms with Crippen LogP contribution in [0.1, 0.15) is 24.3 Å². The van der Waals surface area contributed by atoms with Crippen LogP contribution in [0.2, 0.25) is 0 Å². The standard InChI is InChI=1S/C14H21N3O3S/c1-11(12-4-2-9-21-12)15-14(20)17-6-3-5-16(7-8-17)10-13(18)19/h2,4,9,11H,3,5-8,10H2,1H3,(H,15,20)(H,18,19). The Hall–Kier alpha value is -1.60. The Balaban J connectivity index is 1.84. The molecule has 2 rings (SSSR count). The van der Waals surface area contributed by atoms with Gasteiger partial charge in [0.25, 0.3) is 0 Å². The molecule has 1 saturated heterocycles. The molecule has 1 aromatic heterocycles. The lowest BCUT2D eigenvalue weighted by molar-refractivity contribution is -0.138. The van der Waals surface area contributed by atoms with Crippen LogP contribution in [0.15, 0.2) is 17.5 Å². The average Bonchev–Trinajstić information content (AvgIpc) is 2.86. The number of hydrogen-bond acceptors (Lipinski definition) is 4. The average molecular weight is 311 g/mol. The van der Waals surface area contributed by atoms with Crippen LogP contribution in [0.4, 0.5) is 4.79 Å². The normalized spacial score (nSPS) is 18.0. The lowest BCUT2D eigenvalue weighted by Crippen LogP contribution is -2.43. The van der Waals surface area contributed by atoms with Crippen molar-refractivity contribution in [3.05, 3.63) is 22.4 Å². The first-order valence-electron chi connectivity index (χ1n) is 7.09. The van der Waals surface area contributed by atoms with E-state index < -0.39 is 5.97 Å². The molecule has 21 heavy (non-hydrogen) atoms. The first kappa shape index (κ1) is 15.8. The molecule has 6 nitrogen and oxygen atoms in total. The van der Waals surface area contributed by atoms with E-state index in [0.717, 1.165) is 17.8 Å². The molecule has 1 aliphatic heterocycles. The van der Waals surface area contributed by atoms with Crippen molar-refractivity contribution in [3.8, 4) is 0 Å². The summed E-state index contributed by atoms with van der Waals surface area (Å²) in [6, 6.07) is 3.90. The zero-order chi connectivity index (χ0) is 15.2. The molecule has 116 valence electrons. The number of urea groups is 1. The van der Waals surface area contributed by atoms with Gasteiger partial charge in [0, 0.05) is 31.1 Å². The summed E-state index contributed by atoms with van der Waals surface area (Å²) in [6.07, 6.45) is 0.800. The minimum Gasteiger partial charge on any atom is -0.480 e. The highest BCUT2D eigenvalue weighted by atomic mass is 32.1. The Morgan fingerprint density at radius 3 is 2.86 bits per heavy atom. The predicted octanol–water partition coefficient (Wildman–Crippen LogP) is 1.61. The highest BCUT2D eigenvalue weighted by Gasteiger charge is 2.21. The van der Waals surface area contributed by atoms with E-state index in [0.29, 0.717) is 19.6 Å². The number of aliphatic carboxylic acids is 1. The van der Waals surface area contributed by atoms with E-state index in [1.165, 1.54) is 0 Å². The van der Waals surface area contributed by atoms with Gasteiger partial charge in [-0.25, -0.2) is 4.79 Å². The van der Waals surface area contributed by atoms with Crippen molar-refractivity contribution in [3.63, 3.8) is 0 Å². The van der Waals surface area contributed by atoms with Gasteiger partial charge < -0.3 is 15.3 Å². The summed E-state index contributed by atoms with van der Waals surface area (Å²) in [4.78, 5) is 27.8. The zero-order valence-corrected chi connectivity index (χ0v) is 12.9. The molecule has 2 N–H and O–H groups in total. The maximum absolute atomic E-state index is 12.3. The summed E-state index contributed by atoms with van der Waals surface area (Å²) in [5, 5.41) is 13.8. The van der Waals surface area contributed by atoms with Crippen molar-refractivity contribution in [2.45, 2.75) is 19.4 Å². The molecule has 7 heteroatoms. The van der Waals surface area contributed by atoms with E-state index in [2.05, 4.69) is 5.32 Å². The maximum Gasteiger partial charge on any atom is 0.317 e. The van der Waals surface area contributed by atoms with Crippen LogP contribution in [0.3, 0.4) is 0 Å². The number of nitrogens with zero attached hydrogens (tertiary/aromatic N) is 2. The molecule has 0 bridgehead atoms. The molecule has 0 spiro atoms. The molecule has 0 aromatic carbocycles. The molecular formula is C14H21N3O3S. The smallest absolute Gasteiger partial charge is 0.317 e. The van der Waals surface area contributed by atoms with Gasteiger partial charge >= 0.3 is 12.0 Å². The quantitative estimate of drug-likeness (QED) is 0.886. The first-order valence-corrected chi connectivity index (χ1v) is 7.97. The highest BCUT2D eigenvalue weighted by Crippen LogP contribution is 2.18. The largest absolute Gasteiger partial charge is 0.480 e. The van der Waals surface area contributed by atoms with Crippen LogP contribution in [0.5, 0.6) is 0 Å². The van der Waals surface area contributed by atoms with Gasteiger partial charge in [0.15, 0.2) is 0 Å². The highest BCUT2D eigenvalue weighted by molar-refractivity contribution is 7.10. The second-order valence-corrected chi connectivity index (χ2v) is 6.18. The fourth-order valence-corrected chi connectivity index (χ4v) is 3.14. The summed E-state index contributed by atoms with van der Waals surface area (Å²) in [6.45, 7) is 4.57. The molecule has 1 atom stereocenters. The van der Waals surface area contributed by atoms with Crippen molar-refractivity contribution in [2.24, 2.45) is 0 Å². The maximum atomic E-state index is 12.3. The van der Waals surface area contributed by atoms with Crippen molar-refractivity contribution in [1.82, 2.24) is 15.1 Å². The number of carboxylic acid groups (broad SMARTS) is 1. The van der Waals surface area contributed by atoms with E-state index in [1.807, 2.05) is 29.3 Å². The number of rotatable bonds is 4. The second-order valence-electron chi connectivity index (χ2n) is 5.20. The van der Waals surface area contributed by atoms with Gasteiger partial charge in [0.1, 0.15) is 0 Å². The number of thiophene rings is 1. The lowest BCUT2D eigenvalue weighted by atomic mass is 10.3. The fraction of sp³-hybridized carbons (Fsp3) is 0.571. The van der Waals surface area contributed by atoms with Gasteiger partial charge in [0.05, 0.1) is 12.6 Å². The minimum absolute atomic E-state index is 0.00382. The fourth-order valence-electron chi connectivity index (χ4n) is 2.41. The molecule has 0 saturated carbocycles. The Kier molecular flexibility index (Phi) is 5.58. The van der Waals surface area contributed by atoms with Crippen molar-refractivity contribution >= 4 is 23.3 Å². The van der Waals surface area contributed by atoms with Gasteiger partial charge in [-0.2, -0.15) is 0 Å². The van der Waals surface area contributed by atoms with Gasteiger partial charge in [-0.3, -0.25) is 9.69 Å². The third-order valence-corrected chi connectivity index (χ3v) is 4.60. The molecule has 1 aliphatic rings. The number of nitrogens with one attached hydrogen (secondary N) is 1. The number of carbonyl (C=O) groups is 2. The van der Waals surface area contributed by atoms with Crippen molar-refractivity contribution in [2.75, 3.05) is 32.7 Å². The zero-order valence-electron chi connectivity index (χ0n) is 12.1. The van der Waals surface area contributed by atoms with Crippen LogP contribution in [0.25, 0.3) is 0 Å². The van der Waals surface area contributed by atoms with Crippen LogP contribution in [-0.4, -0.2) is 59.6 Å². The molecule has 1 fully saturated rings. The topological polar surface area (TPSA) is 72.9 Å². The van der Waals surface area contributed by atoms with Gasteiger partial charge in [-0.15, -0.1) is 11.3 Å². The van der Waals surface area contributed by atoms with Crippen LogP contribution in [-0.2, 0) is 4.79 Å². The second kappa shape index (κ2) is 7.42. The summed E-state index contributed by atoms with van der Waals surface area (Å²) in [7, 11) is 0. The molecule has 0 aliphatic carbocycles. The third kappa shape index (κ3) is 4.71. The Bertz CT molecular complexity index is 478. The first-order chi connectivity index (χ1) is 10.1. The van der Waals surface area contributed by atoms with Gasteiger partial charge in [-0.05, 0) is 24.8 Å². The van der Waals surface area contributed by atoms with Crippen molar-refractivity contribution < 1.29 is 14.7 Å². The number of carboxylic acids is 1. The van der Waals surface area contributed by atoms with Crippen molar-refractivity contribution in [1.29, 1.82) is 0 Å². The summed E-state index contributed by atoms with van der Waals surface area (Å²) in [5.74, 6) is -0.820. The minimum atomic E-state index is -0.820. The molecule has 1 unspecified atom stereocenters. The monoisotopic (exact) mass is 311 g/mol. The number of hydrogen-bond donors (Lipinski definition) is 2. The molecule has 0 radical (unpaired) electrons. The lowest BCUT2D eigenvalue weighted by Gasteiger charge is -2.23. The summed E-state index contributed by atoms with van der Waals surface area (Å²) < 4.78 is 0. The molecule has 1 aromatic rings. The molecule has 2 amide bonds. The van der Waals surface area contributed by atoms with Crippen LogP contribution >= 0.6 is 11.3 Å². The van der Waals surface area contributed by atoms with E-state index in [-0.39, 0.29) is 18.6 Å².